The summed E-state index contributed by atoms with van der Waals surface area (Å²) in [5, 5.41) is 9.38. The minimum atomic E-state index is -1.10. The van der Waals surface area contributed by atoms with Gasteiger partial charge in [0.1, 0.15) is 11.6 Å². The lowest BCUT2D eigenvalue weighted by atomic mass is 9.73. The average Bonchev–Trinajstić information content (AvgIpc) is 2.97. The van der Waals surface area contributed by atoms with Gasteiger partial charge in [0.25, 0.3) is 5.56 Å². The van der Waals surface area contributed by atoms with Gasteiger partial charge >= 0.3 is 0 Å². The summed E-state index contributed by atoms with van der Waals surface area (Å²) in [4.78, 5) is 36.6. The summed E-state index contributed by atoms with van der Waals surface area (Å²) in [5.41, 5.74) is 0.783. The second-order valence-corrected chi connectivity index (χ2v) is 8.55. The lowest BCUT2D eigenvalue weighted by molar-refractivity contribution is -0.124. The Morgan fingerprint density at radius 3 is 2.61 bits per heavy atom. The number of piperidine rings is 1. The molecule has 5 rings (SSSR count). The molecule has 1 spiro atoms. The zero-order chi connectivity index (χ0) is 21.8. The summed E-state index contributed by atoms with van der Waals surface area (Å²) in [7, 11) is 0. The van der Waals surface area contributed by atoms with Crippen molar-refractivity contribution < 1.29 is 18.7 Å². The van der Waals surface area contributed by atoms with Crippen molar-refractivity contribution in [3.8, 4) is 0 Å². The number of aliphatic hydroxyl groups is 1. The van der Waals surface area contributed by atoms with Crippen molar-refractivity contribution in [1.82, 2.24) is 9.97 Å². The van der Waals surface area contributed by atoms with Gasteiger partial charge in [0, 0.05) is 36.8 Å². The monoisotopic (exact) mass is 430 g/mol. The Labute approximate surface area is 177 Å². The van der Waals surface area contributed by atoms with Gasteiger partial charge < -0.3 is 14.9 Å². The van der Waals surface area contributed by atoms with Gasteiger partial charge in [-0.3, -0.25) is 14.6 Å². The molecule has 31 heavy (non-hydrogen) atoms. The first-order chi connectivity index (χ1) is 14.9. The third kappa shape index (κ3) is 3.05. The quantitative estimate of drug-likeness (QED) is 0.775. The predicted molar refractivity (Wildman–Crippen MR) is 110 cm³/mol. The van der Waals surface area contributed by atoms with Crippen LogP contribution in [0.2, 0.25) is 0 Å². The van der Waals surface area contributed by atoms with Gasteiger partial charge in [0.15, 0.2) is 0 Å². The SMILES string of the molecule is O=C1N(CCO)c2cc(F)cc(F)c2C12CCN(c1nc3c(c(=O)[nH]1)CCCC3)CC2. The maximum atomic E-state index is 14.9. The number of halogens is 2. The number of aliphatic hydroxyl groups excluding tert-OH is 1. The van der Waals surface area contributed by atoms with E-state index < -0.39 is 17.0 Å². The van der Waals surface area contributed by atoms with E-state index in [1.165, 1.54) is 4.90 Å². The standard InChI is InChI=1S/C22H24F2N4O3/c23-13-11-15(24)18-17(12-13)28(9-10-29)20(31)22(18)5-7-27(8-6-22)21-25-16-4-2-1-3-14(16)19(30)26-21/h11-12,29H,1-10H2,(H,25,26,30). The Bertz CT molecular complexity index is 1110. The molecule has 0 unspecified atom stereocenters. The smallest absolute Gasteiger partial charge is 0.255 e. The number of aromatic amines is 1. The molecule has 164 valence electrons. The van der Waals surface area contributed by atoms with Crippen LogP contribution in [0.1, 0.15) is 42.5 Å². The molecule has 2 N–H and O–H groups in total. The summed E-state index contributed by atoms with van der Waals surface area (Å²) >= 11 is 0. The number of hydrogen-bond acceptors (Lipinski definition) is 5. The van der Waals surface area contributed by atoms with Gasteiger partial charge in [-0.05, 0) is 44.6 Å². The van der Waals surface area contributed by atoms with Gasteiger partial charge in [0.05, 0.1) is 23.4 Å². The average molecular weight is 430 g/mol. The first-order valence-electron chi connectivity index (χ1n) is 10.7. The molecule has 0 radical (unpaired) electrons. The summed E-state index contributed by atoms with van der Waals surface area (Å²) in [6.07, 6.45) is 4.13. The van der Waals surface area contributed by atoms with Crippen LogP contribution in [0, 0.1) is 11.6 Å². The lowest BCUT2D eigenvalue weighted by Crippen LogP contribution is -2.50. The van der Waals surface area contributed by atoms with E-state index >= 15 is 0 Å². The molecule has 1 aliphatic carbocycles. The third-order valence-electron chi connectivity index (χ3n) is 6.88. The minimum absolute atomic E-state index is 0.0140. The number of aromatic nitrogens is 2. The molecular formula is C22H24F2N4O3. The molecule has 3 aliphatic rings. The van der Waals surface area contributed by atoms with E-state index in [9.17, 15) is 23.5 Å². The van der Waals surface area contributed by atoms with Crippen LogP contribution < -0.4 is 15.4 Å². The molecule has 0 saturated carbocycles. The number of benzene rings is 1. The van der Waals surface area contributed by atoms with Crippen LogP contribution in [-0.4, -0.2) is 47.2 Å². The fourth-order valence-electron chi connectivity index (χ4n) is 5.35. The molecule has 0 atom stereocenters. The van der Waals surface area contributed by atoms with Crippen molar-refractivity contribution in [2.24, 2.45) is 0 Å². The fourth-order valence-corrected chi connectivity index (χ4v) is 5.35. The van der Waals surface area contributed by atoms with E-state index in [-0.39, 0.29) is 35.9 Å². The predicted octanol–water partition coefficient (Wildman–Crippen LogP) is 1.80. The van der Waals surface area contributed by atoms with Crippen LogP contribution in [-0.2, 0) is 23.1 Å². The molecule has 2 aromatic rings. The number of amides is 1. The summed E-state index contributed by atoms with van der Waals surface area (Å²) in [6, 6.07) is 1.97. The zero-order valence-corrected chi connectivity index (χ0v) is 17.1. The Hall–Kier alpha value is -2.81. The third-order valence-corrected chi connectivity index (χ3v) is 6.88. The van der Waals surface area contributed by atoms with E-state index in [0.29, 0.717) is 31.9 Å². The molecule has 1 aromatic heterocycles. The molecule has 3 heterocycles. The highest BCUT2D eigenvalue weighted by Gasteiger charge is 2.54. The molecule has 9 heteroatoms. The molecule has 0 bridgehead atoms. The van der Waals surface area contributed by atoms with E-state index in [1.54, 1.807) is 0 Å². The Balaban J connectivity index is 1.47. The first-order valence-corrected chi connectivity index (χ1v) is 10.7. The molecule has 7 nitrogen and oxygen atoms in total. The van der Waals surface area contributed by atoms with Crippen LogP contribution in [0.5, 0.6) is 0 Å². The minimum Gasteiger partial charge on any atom is -0.395 e. The molecule has 1 saturated heterocycles. The number of nitrogens with zero attached hydrogens (tertiary/aromatic N) is 3. The number of H-pyrrole nitrogens is 1. The second kappa shape index (κ2) is 7.40. The van der Waals surface area contributed by atoms with Crippen molar-refractivity contribution >= 4 is 17.5 Å². The number of carbonyl (C=O) groups is 1. The molecule has 1 aromatic carbocycles. The Kier molecular flexibility index (Phi) is 4.80. The summed E-state index contributed by atoms with van der Waals surface area (Å²) in [6.45, 7) is 0.485. The molecular weight excluding hydrogens is 406 g/mol. The van der Waals surface area contributed by atoms with Gasteiger partial charge in [-0.25, -0.2) is 13.8 Å². The number of aryl methyl sites for hydroxylation is 1. The van der Waals surface area contributed by atoms with Gasteiger partial charge in [-0.2, -0.15) is 0 Å². The number of rotatable bonds is 3. The number of β-amino-alcohol motifs (C(OH)–C–C–N with tert-alkyl or cyclic N) is 1. The van der Waals surface area contributed by atoms with Crippen molar-refractivity contribution in [2.75, 3.05) is 36.0 Å². The first kappa shape index (κ1) is 20.1. The topological polar surface area (TPSA) is 89.5 Å². The molecule has 1 amide bonds. The largest absolute Gasteiger partial charge is 0.395 e. The normalized spacial score (nSPS) is 19.6. The number of nitrogens with one attached hydrogen (secondary N) is 1. The van der Waals surface area contributed by atoms with E-state index in [2.05, 4.69) is 9.97 Å². The zero-order valence-electron chi connectivity index (χ0n) is 17.1. The van der Waals surface area contributed by atoms with Crippen molar-refractivity contribution in [3.63, 3.8) is 0 Å². The van der Waals surface area contributed by atoms with Gasteiger partial charge in [0.2, 0.25) is 11.9 Å². The van der Waals surface area contributed by atoms with Crippen LogP contribution in [0.15, 0.2) is 16.9 Å². The highest BCUT2D eigenvalue weighted by molar-refractivity contribution is 6.08. The number of carbonyl (C=O) groups excluding carboxylic acids is 1. The van der Waals surface area contributed by atoms with Crippen molar-refractivity contribution in [3.05, 3.63) is 50.9 Å². The maximum Gasteiger partial charge on any atom is 0.255 e. The summed E-state index contributed by atoms with van der Waals surface area (Å²) in [5.74, 6) is -1.32. The number of hydrogen-bond donors (Lipinski definition) is 2. The van der Waals surface area contributed by atoms with Crippen LogP contribution in [0.3, 0.4) is 0 Å². The van der Waals surface area contributed by atoms with Crippen LogP contribution >= 0.6 is 0 Å². The highest BCUT2D eigenvalue weighted by atomic mass is 19.1. The van der Waals surface area contributed by atoms with E-state index in [4.69, 9.17) is 0 Å². The van der Waals surface area contributed by atoms with E-state index in [1.807, 2.05) is 4.90 Å². The summed E-state index contributed by atoms with van der Waals surface area (Å²) < 4.78 is 28.8. The van der Waals surface area contributed by atoms with Gasteiger partial charge in [-0.15, -0.1) is 0 Å². The van der Waals surface area contributed by atoms with E-state index in [0.717, 1.165) is 49.1 Å². The molecule has 2 aliphatic heterocycles. The number of fused-ring (bicyclic) bond motifs is 3. The van der Waals surface area contributed by atoms with Crippen molar-refractivity contribution in [2.45, 2.75) is 43.9 Å². The maximum absolute atomic E-state index is 14.9. The number of anilines is 2. The molecule has 1 fully saturated rings. The lowest BCUT2D eigenvalue weighted by Gasteiger charge is -2.39. The van der Waals surface area contributed by atoms with Gasteiger partial charge in [-0.1, -0.05) is 0 Å². The fraction of sp³-hybridized carbons (Fsp3) is 0.500. The second-order valence-electron chi connectivity index (χ2n) is 8.55. The van der Waals surface area contributed by atoms with Crippen molar-refractivity contribution in [1.29, 1.82) is 0 Å². The van der Waals surface area contributed by atoms with Crippen LogP contribution in [0.25, 0.3) is 0 Å². The highest BCUT2D eigenvalue weighted by Crippen LogP contribution is 2.49. The Morgan fingerprint density at radius 2 is 1.87 bits per heavy atom. The van der Waals surface area contributed by atoms with Crippen LogP contribution in [0.4, 0.5) is 20.4 Å². The Morgan fingerprint density at radius 1 is 1.13 bits per heavy atom.